The predicted octanol–water partition coefficient (Wildman–Crippen LogP) is 1.20. The van der Waals surface area contributed by atoms with Crippen LogP contribution in [0.1, 0.15) is 17.8 Å². The van der Waals surface area contributed by atoms with Gasteiger partial charge in [-0.25, -0.2) is 17.7 Å². The van der Waals surface area contributed by atoms with Crippen LogP contribution in [0, 0.1) is 6.92 Å². The van der Waals surface area contributed by atoms with Gasteiger partial charge in [-0.2, -0.15) is 0 Å². The summed E-state index contributed by atoms with van der Waals surface area (Å²) in [4.78, 5) is 16.3. The van der Waals surface area contributed by atoms with Crippen LogP contribution in [0.15, 0.2) is 34.3 Å². The Labute approximate surface area is 157 Å². The summed E-state index contributed by atoms with van der Waals surface area (Å²) in [5.41, 5.74) is 0.920. The van der Waals surface area contributed by atoms with E-state index in [4.69, 9.17) is 0 Å². The Bertz CT molecular complexity index is 832. The minimum atomic E-state index is -3.42. The number of nitrogens with one attached hydrogen (secondary N) is 2. The summed E-state index contributed by atoms with van der Waals surface area (Å²) in [5, 5.41) is 10.3. The number of aromatic amines is 1. The van der Waals surface area contributed by atoms with Gasteiger partial charge in [0.1, 0.15) is 5.82 Å². The maximum absolute atomic E-state index is 12.0. The highest BCUT2D eigenvalue weighted by atomic mass is 32.2. The number of carbonyl (C=O) groups excluding carboxylic acids is 1. The standard InChI is InChI=1S/C16H23N5O3S2/c1-12-18-16(20-19-12)25-11-10-17-15(22)9-6-13-4-7-14(8-5-13)26(23,24)21(2)3/h4-5,7-8H,6,9-11H2,1-3H3,(H,17,22)(H,18,19,20). The maximum Gasteiger partial charge on any atom is 0.242 e. The molecule has 0 atom stereocenters. The maximum atomic E-state index is 12.0. The zero-order valence-electron chi connectivity index (χ0n) is 15.0. The Morgan fingerprint density at radius 3 is 2.54 bits per heavy atom. The second kappa shape index (κ2) is 9.15. The molecule has 1 amide bonds. The van der Waals surface area contributed by atoms with Gasteiger partial charge in [0.05, 0.1) is 4.90 Å². The summed E-state index contributed by atoms with van der Waals surface area (Å²) >= 11 is 1.47. The Balaban J connectivity index is 1.72. The molecule has 0 aliphatic carbocycles. The van der Waals surface area contributed by atoms with Crippen molar-refractivity contribution in [2.45, 2.75) is 29.8 Å². The van der Waals surface area contributed by atoms with Gasteiger partial charge in [0.25, 0.3) is 0 Å². The summed E-state index contributed by atoms with van der Waals surface area (Å²) in [7, 11) is -0.432. The first-order valence-corrected chi connectivity index (χ1v) is 10.5. The summed E-state index contributed by atoms with van der Waals surface area (Å²) < 4.78 is 25.2. The lowest BCUT2D eigenvalue weighted by Gasteiger charge is -2.11. The Morgan fingerprint density at radius 2 is 1.96 bits per heavy atom. The van der Waals surface area contributed by atoms with Gasteiger partial charge in [0, 0.05) is 32.8 Å². The second-order valence-electron chi connectivity index (χ2n) is 5.83. The van der Waals surface area contributed by atoms with E-state index in [9.17, 15) is 13.2 Å². The molecule has 1 aromatic carbocycles. The normalized spacial score (nSPS) is 11.7. The Morgan fingerprint density at radius 1 is 1.27 bits per heavy atom. The second-order valence-corrected chi connectivity index (χ2v) is 9.05. The highest BCUT2D eigenvalue weighted by molar-refractivity contribution is 7.99. The van der Waals surface area contributed by atoms with E-state index in [1.165, 1.54) is 30.2 Å². The molecule has 142 valence electrons. The van der Waals surface area contributed by atoms with Crippen LogP contribution < -0.4 is 5.32 Å². The zero-order valence-corrected chi connectivity index (χ0v) is 16.7. The topological polar surface area (TPSA) is 108 Å². The van der Waals surface area contributed by atoms with Crippen molar-refractivity contribution >= 4 is 27.7 Å². The van der Waals surface area contributed by atoms with Crippen LogP contribution in [0.2, 0.25) is 0 Å². The molecule has 0 aliphatic heterocycles. The molecule has 0 radical (unpaired) electrons. The van der Waals surface area contributed by atoms with Gasteiger partial charge in [-0.1, -0.05) is 23.9 Å². The number of sulfonamides is 1. The fraction of sp³-hybridized carbons (Fsp3) is 0.438. The third kappa shape index (κ3) is 5.82. The van der Waals surface area contributed by atoms with Crippen LogP contribution in [0.3, 0.4) is 0 Å². The van der Waals surface area contributed by atoms with E-state index in [2.05, 4.69) is 20.5 Å². The van der Waals surface area contributed by atoms with E-state index < -0.39 is 10.0 Å². The van der Waals surface area contributed by atoms with Crippen LogP contribution in [-0.4, -0.2) is 60.2 Å². The molecule has 2 N–H and O–H groups in total. The molecule has 1 aromatic heterocycles. The number of carbonyl (C=O) groups is 1. The third-order valence-corrected chi connectivity index (χ3v) is 6.25. The minimum Gasteiger partial charge on any atom is -0.355 e. The number of nitrogens with zero attached hydrogens (tertiary/aromatic N) is 3. The van der Waals surface area contributed by atoms with Crippen molar-refractivity contribution in [2.24, 2.45) is 0 Å². The van der Waals surface area contributed by atoms with E-state index in [0.717, 1.165) is 11.4 Å². The van der Waals surface area contributed by atoms with Gasteiger partial charge >= 0.3 is 0 Å². The van der Waals surface area contributed by atoms with E-state index in [-0.39, 0.29) is 10.8 Å². The fourth-order valence-electron chi connectivity index (χ4n) is 2.10. The molecule has 0 saturated heterocycles. The Kier molecular flexibility index (Phi) is 7.18. The molecule has 0 spiro atoms. The van der Waals surface area contributed by atoms with E-state index in [1.807, 2.05) is 6.92 Å². The molecular weight excluding hydrogens is 374 g/mol. The van der Waals surface area contributed by atoms with Crippen LogP contribution >= 0.6 is 11.8 Å². The highest BCUT2D eigenvalue weighted by Gasteiger charge is 2.16. The van der Waals surface area contributed by atoms with Gasteiger partial charge in [-0.05, 0) is 31.0 Å². The number of rotatable bonds is 9. The van der Waals surface area contributed by atoms with Crippen molar-refractivity contribution in [1.82, 2.24) is 24.8 Å². The van der Waals surface area contributed by atoms with Crippen LogP contribution in [-0.2, 0) is 21.2 Å². The number of thioether (sulfide) groups is 1. The SMILES string of the molecule is Cc1nc(SCCNC(=O)CCc2ccc(S(=O)(=O)N(C)C)cc2)n[nH]1. The quantitative estimate of drug-likeness (QED) is 0.486. The first kappa shape index (κ1) is 20.4. The van der Waals surface area contributed by atoms with Gasteiger partial charge < -0.3 is 5.32 Å². The molecule has 0 fully saturated rings. The lowest BCUT2D eigenvalue weighted by molar-refractivity contribution is -0.120. The fourth-order valence-corrected chi connectivity index (χ4v) is 3.70. The number of aromatic nitrogens is 3. The number of benzene rings is 1. The molecule has 26 heavy (non-hydrogen) atoms. The van der Waals surface area contributed by atoms with E-state index in [0.29, 0.717) is 30.3 Å². The minimum absolute atomic E-state index is 0.0400. The van der Waals surface area contributed by atoms with Crippen molar-refractivity contribution < 1.29 is 13.2 Å². The summed E-state index contributed by atoms with van der Waals surface area (Å²) in [6.45, 7) is 2.37. The summed E-state index contributed by atoms with van der Waals surface area (Å²) in [6.07, 6.45) is 0.908. The lowest BCUT2D eigenvalue weighted by Crippen LogP contribution is -2.26. The van der Waals surface area contributed by atoms with Gasteiger partial charge in [0.2, 0.25) is 21.1 Å². The molecule has 1 heterocycles. The van der Waals surface area contributed by atoms with Gasteiger partial charge in [-0.15, -0.1) is 5.10 Å². The van der Waals surface area contributed by atoms with Crippen LogP contribution in [0.5, 0.6) is 0 Å². The molecule has 2 aromatic rings. The average Bonchev–Trinajstić information content (AvgIpc) is 3.02. The molecule has 0 saturated carbocycles. The van der Waals surface area contributed by atoms with E-state index in [1.54, 1.807) is 24.3 Å². The van der Waals surface area contributed by atoms with Crippen molar-refractivity contribution in [3.63, 3.8) is 0 Å². The average molecular weight is 398 g/mol. The van der Waals surface area contributed by atoms with Crippen molar-refractivity contribution in [3.8, 4) is 0 Å². The number of H-pyrrole nitrogens is 1. The molecule has 2 rings (SSSR count). The van der Waals surface area contributed by atoms with Crippen molar-refractivity contribution in [3.05, 3.63) is 35.7 Å². The predicted molar refractivity (Wildman–Crippen MR) is 100 cm³/mol. The van der Waals surface area contributed by atoms with Crippen LogP contribution in [0.25, 0.3) is 0 Å². The lowest BCUT2D eigenvalue weighted by atomic mass is 10.1. The molecule has 8 nitrogen and oxygen atoms in total. The molecule has 10 heteroatoms. The Hall–Kier alpha value is -1.91. The van der Waals surface area contributed by atoms with Crippen molar-refractivity contribution in [1.29, 1.82) is 0 Å². The monoisotopic (exact) mass is 397 g/mol. The largest absolute Gasteiger partial charge is 0.355 e. The van der Waals surface area contributed by atoms with Gasteiger partial charge in [0.15, 0.2) is 0 Å². The molecule has 0 bridgehead atoms. The third-order valence-electron chi connectivity index (χ3n) is 3.57. The molecule has 0 unspecified atom stereocenters. The van der Waals surface area contributed by atoms with Gasteiger partial charge in [-0.3, -0.25) is 9.89 Å². The summed E-state index contributed by atoms with van der Waals surface area (Å²) in [6, 6.07) is 6.62. The molecular formula is C16H23N5O3S2. The molecule has 0 aliphatic rings. The number of aryl methyl sites for hydroxylation is 2. The smallest absolute Gasteiger partial charge is 0.242 e. The first-order chi connectivity index (χ1) is 12.3. The first-order valence-electron chi connectivity index (χ1n) is 8.09. The van der Waals surface area contributed by atoms with E-state index >= 15 is 0 Å². The van der Waals surface area contributed by atoms with Crippen LogP contribution in [0.4, 0.5) is 0 Å². The highest BCUT2D eigenvalue weighted by Crippen LogP contribution is 2.15. The number of hydrogen-bond acceptors (Lipinski definition) is 6. The summed E-state index contributed by atoms with van der Waals surface area (Å²) in [5.74, 6) is 1.42. The van der Waals surface area contributed by atoms with Crippen molar-refractivity contribution in [2.75, 3.05) is 26.4 Å². The zero-order chi connectivity index (χ0) is 19.2. The number of hydrogen-bond donors (Lipinski definition) is 2. The number of amides is 1.